The number of nitrogens with zero attached hydrogens (tertiary/aromatic N) is 5. The molecular weight excluding hydrogens is 343 g/mol. The van der Waals surface area contributed by atoms with Gasteiger partial charge in [-0.1, -0.05) is 12.1 Å². The molecule has 3 aromatic rings. The van der Waals surface area contributed by atoms with Crippen LogP contribution in [0.3, 0.4) is 0 Å². The molecule has 136 valence electrons. The average Bonchev–Trinajstić information content (AvgIpc) is 3.12. The highest BCUT2D eigenvalue weighted by Gasteiger charge is 2.34. The van der Waals surface area contributed by atoms with Crippen molar-refractivity contribution in [3.05, 3.63) is 47.9 Å². The first kappa shape index (κ1) is 16.8. The maximum absolute atomic E-state index is 12.8. The zero-order valence-corrected chi connectivity index (χ0v) is 14.2. The maximum atomic E-state index is 12.8. The largest absolute Gasteiger partial charge is 0.435 e. The first-order valence-corrected chi connectivity index (χ1v) is 8.52. The monoisotopic (exact) mass is 361 g/mol. The van der Waals surface area contributed by atoms with Crippen LogP contribution in [0.4, 0.5) is 19.0 Å². The van der Waals surface area contributed by atoms with Crippen LogP contribution in [0.1, 0.15) is 30.3 Å². The lowest BCUT2D eigenvalue weighted by molar-refractivity contribution is -0.141. The van der Waals surface area contributed by atoms with Crippen molar-refractivity contribution in [2.75, 3.05) is 18.0 Å². The molecule has 0 N–H and O–H groups in total. The van der Waals surface area contributed by atoms with Gasteiger partial charge < -0.3 is 4.90 Å². The van der Waals surface area contributed by atoms with Gasteiger partial charge in [-0.15, -0.1) is 0 Å². The second kappa shape index (κ2) is 6.26. The Labute approximate surface area is 148 Å². The minimum atomic E-state index is -4.42. The SMILES string of the molecule is Cc1nc2ccccc2nc1N1CCCC(n2ccc(C(F)(F)F)n2)C1. The van der Waals surface area contributed by atoms with Crippen LogP contribution in [-0.4, -0.2) is 32.8 Å². The van der Waals surface area contributed by atoms with Crippen LogP contribution < -0.4 is 4.90 Å². The van der Waals surface area contributed by atoms with Gasteiger partial charge in [0, 0.05) is 19.3 Å². The predicted molar refractivity (Wildman–Crippen MR) is 92.0 cm³/mol. The normalized spacial score (nSPS) is 18.5. The molecule has 2 aromatic heterocycles. The fourth-order valence-corrected chi connectivity index (χ4v) is 3.43. The van der Waals surface area contributed by atoms with E-state index in [1.807, 2.05) is 31.2 Å². The molecule has 8 heteroatoms. The van der Waals surface area contributed by atoms with E-state index in [2.05, 4.69) is 15.0 Å². The summed E-state index contributed by atoms with van der Waals surface area (Å²) in [4.78, 5) is 11.4. The summed E-state index contributed by atoms with van der Waals surface area (Å²) >= 11 is 0. The van der Waals surface area contributed by atoms with E-state index in [9.17, 15) is 13.2 Å². The van der Waals surface area contributed by atoms with Crippen LogP contribution in [-0.2, 0) is 6.18 Å². The fourth-order valence-electron chi connectivity index (χ4n) is 3.43. The molecular formula is C18H18F3N5. The number of benzene rings is 1. The molecule has 1 saturated heterocycles. The molecule has 5 nitrogen and oxygen atoms in total. The van der Waals surface area contributed by atoms with Crippen molar-refractivity contribution in [2.45, 2.75) is 32.0 Å². The maximum Gasteiger partial charge on any atom is 0.435 e. The number of fused-ring (bicyclic) bond motifs is 1. The van der Waals surface area contributed by atoms with E-state index in [0.717, 1.165) is 48.0 Å². The highest BCUT2D eigenvalue weighted by Crippen LogP contribution is 2.31. The second-order valence-electron chi connectivity index (χ2n) is 6.54. The lowest BCUT2D eigenvalue weighted by Crippen LogP contribution is -2.38. The van der Waals surface area contributed by atoms with Crippen molar-refractivity contribution in [2.24, 2.45) is 0 Å². The summed E-state index contributed by atoms with van der Waals surface area (Å²) < 4.78 is 39.8. The molecule has 0 saturated carbocycles. The molecule has 1 aromatic carbocycles. The quantitative estimate of drug-likeness (QED) is 0.692. The Hall–Kier alpha value is -2.64. The highest BCUT2D eigenvalue weighted by molar-refractivity contribution is 5.76. The van der Waals surface area contributed by atoms with Crippen molar-refractivity contribution < 1.29 is 13.2 Å². The summed E-state index contributed by atoms with van der Waals surface area (Å²) in [5.41, 5.74) is 1.62. The lowest BCUT2D eigenvalue weighted by atomic mass is 10.1. The molecule has 0 radical (unpaired) electrons. The van der Waals surface area contributed by atoms with Gasteiger partial charge in [-0.25, -0.2) is 9.97 Å². The molecule has 1 fully saturated rings. The molecule has 1 atom stereocenters. The third kappa shape index (κ3) is 3.11. The Morgan fingerprint density at radius 2 is 1.81 bits per heavy atom. The van der Waals surface area contributed by atoms with Gasteiger partial charge in [0.25, 0.3) is 0 Å². The summed E-state index contributed by atoms with van der Waals surface area (Å²) in [5.74, 6) is 0.789. The van der Waals surface area contributed by atoms with E-state index in [1.54, 1.807) is 0 Å². The number of hydrogen-bond acceptors (Lipinski definition) is 4. The van der Waals surface area contributed by atoms with Crippen molar-refractivity contribution in [1.29, 1.82) is 0 Å². The summed E-state index contributed by atoms with van der Waals surface area (Å²) in [6.45, 7) is 3.28. The van der Waals surface area contributed by atoms with Crippen LogP contribution in [0.2, 0.25) is 0 Å². The standard InChI is InChI=1S/C18H18F3N5/c1-12-17(23-15-7-3-2-6-14(15)22-12)25-9-4-5-13(11-25)26-10-8-16(24-26)18(19,20)21/h2-3,6-8,10,13H,4-5,9,11H2,1H3. The number of aryl methyl sites for hydroxylation is 1. The van der Waals surface area contributed by atoms with Gasteiger partial charge in [0.2, 0.25) is 0 Å². The summed E-state index contributed by atoms with van der Waals surface area (Å²) in [5, 5.41) is 3.73. The molecule has 0 spiro atoms. The number of alkyl halides is 3. The number of para-hydroxylation sites is 2. The van der Waals surface area contributed by atoms with E-state index < -0.39 is 11.9 Å². The Bertz CT molecular complexity index is 934. The van der Waals surface area contributed by atoms with Crippen LogP contribution in [0, 0.1) is 6.92 Å². The number of halogens is 3. The zero-order chi connectivity index (χ0) is 18.3. The molecule has 1 aliphatic heterocycles. The summed E-state index contributed by atoms with van der Waals surface area (Å²) in [6, 6.07) is 8.57. The van der Waals surface area contributed by atoms with Gasteiger partial charge in [-0.3, -0.25) is 4.68 Å². The van der Waals surface area contributed by atoms with Gasteiger partial charge in [0.1, 0.15) is 0 Å². The van der Waals surface area contributed by atoms with E-state index in [4.69, 9.17) is 4.98 Å². The van der Waals surface area contributed by atoms with E-state index in [1.165, 1.54) is 10.9 Å². The molecule has 26 heavy (non-hydrogen) atoms. The molecule has 1 aliphatic rings. The summed E-state index contributed by atoms with van der Waals surface area (Å²) in [7, 11) is 0. The van der Waals surface area contributed by atoms with Crippen LogP contribution in [0.5, 0.6) is 0 Å². The summed E-state index contributed by atoms with van der Waals surface area (Å²) in [6.07, 6.45) is -1.36. The number of hydrogen-bond donors (Lipinski definition) is 0. The second-order valence-corrected chi connectivity index (χ2v) is 6.54. The Balaban J connectivity index is 1.61. The number of anilines is 1. The minimum Gasteiger partial charge on any atom is -0.353 e. The molecule has 0 amide bonds. The zero-order valence-electron chi connectivity index (χ0n) is 14.2. The molecule has 0 bridgehead atoms. The van der Waals surface area contributed by atoms with Crippen molar-refractivity contribution >= 4 is 16.9 Å². The smallest absolute Gasteiger partial charge is 0.353 e. The van der Waals surface area contributed by atoms with Gasteiger partial charge in [-0.2, -0.15) is 18.3 Å². The van der Waals surface area contributed by atoms with Crippen LogP contribution in [0.25, 0.3) is 11.0 Å². The average molecular weight is 361 g/mol. The lowest BCUT2D eigenvalue weighted by Gasteiger charge is -2.34. The van der Waals surface area contributed by atoms with E-state index in [-0.39, 0.29) is 6.04 Å². The topological polar surface area (TPSA) is 46.8 Å². The van der Waals surface area contributed by atoms with Gasteiger partial charge >= 0.3 is 6.18 Å². The Morgan fingerprint density at radius 1 is 1.08 bits per heavy atom. The first-order chi connectivity index (χ1) is 12.4. The van der Waals surface area contributed by atoms with E-state index >= 15 is 0 Å². The van der Waals surface area contributed by atoms with Gasteiger partial charge in [-0.05, 0) is 38.0 Å². The molecule has 1 unspecified atom stereocenters. The fraction of sp³-hybridized carbons (Fsp3) is 0.389. The Morgan fingerprint density at radius 3 is 2.50 bits per heavy atom. The minimum absolute atomic E-state index is 0.118. The predicted octanol–water partition coefficient (Wildman–Crippen LogP) is 4.00. The van der Waals surface area contributed by atoms with Crippen molar-refractivity contribution in [3.63, 3.8) is 0 Å². The van der Waals surface area contributed by atoms with Crippen LogP contribution >= 0.6 is 0 Å². The van der Waals surface area contributed by atoms with Gasteiger partial charge in [0.15, 0.2) is 11.5 Å². The number of aromatic nitrogens is 4. The number of rotatable bonds is 2. The highest BCUT2D eigenvalue weighted by atomic mass is 19.4. The van der Waals surface area contributed by atoms with Crippen molar-refractivity contribution in [1.82, 2.24) is 19.7 Å². The number of piperidine rings is 1. The third-order valence-corrected chi connectivity index (χ3v) is 4.69. The van der Waals surface area contributed by atoms with Gasteiger partial charge in [0.05, 0.1) is 22.8 Å². The first-order valence-electron chi connectivity index (χ1n) is 8.52. The molecule has 4 rings (SSSR count). The molecule has 0 aliphatic carbocycles. The van der Waals surface area contributed by atoms with Crippen molar-refractivity contribution in [3.8, 4) is 0 Å². The Kier molecular flexibility index (Phi) is 4.05. The van der Waals surface area contributed by atoms with E-state index in [0.29, 0.717) is 6.54 Å². The molecule has 3 heterocycles. The third-order valence-electron chi connectivity index (χ3n) is 4.69. The van der Waals surface area contributed by atoms with Crippen LogP contribution in [0.15, 0.2) is 36.5 Å².